The summed E-state index contributed by atoms with van der Waals surface area (Å²) in [4.78, 5) is 8.14. The molecule has 1 atom stereocenters. The Hall–Kier alpha value is -1.03. The van der Waals surface area contributed by atoms with Crippen LogP contribution in [-0.4, -0.2) is 23.1 Å². The van der Waals surface area contributed by atoms with E-state index >= 15 is 0 Å². The molecule has 1 aromatic rings. The lowest BCUT2D eigenvalue weighted by molar-refractivity contribution is 0.380. The molecular weight excluding hydrogens is 250 g/mol. The molecule has 0 saturated heterocycles. The third-order valence-electron chi connectivity index (χ3n) is 2.78. The summed E-state index contributed by atoms with van der Waals surface area (Å²) in [5.41, 5.74) is 0. The van der Waals surface area contributed by atoms with Crippen LogP contribution in [-0.2, 0) is 0 Å². The van der Waals surface area contributed by atoms with Crippen molar-refractivity contribution in [1.82, 2.24) is 9.97 Å². The molecule has 4 nitrogen and oxygen atoms in total. The molecule has 1 unspecified atom stereocenters. The number of ether oxygens (including phenoxy) is 1. The number of hydrogen-bond acceptors (Lipinski definition) is 4. The molecule has 1 rings (SSSR count). The van der Waals surface area contributed by atoms with Crippen molar-refractivity contribution in [3.05, 3.63) is 11.2 Å². The summed E-state index contributed by atoms with van der Waals surface area (Å²) in [6, 6.07) is 0.680. The Bertz CT molecular complexity index is 360. The van der Waals surface area contributed by atoms with Crippen LogP contribution in [0.2, 0.25) is 5.02 Å². The molecule has 18 heavy (non-hydrogen) atoms. The summed E-state index contributed by atoms with van der Waals surface area (Å²) in [7, 11) is 1.54. The molecule has 0 aliphatic carbocycles. The second kappa shape index (κ2) is 8.14. The van der Waals surface area contributed by atoms with Crippen LogP contribution in [0.4, 0.5) is 5.82 Å². The highest BCUT2D eigenvalue weighted by Gasteiger charge is 2.08. The topological polar surface area (TPSA) is 47.0 Å². The zero-order valence-electron chi connectivity index (χ0n) is 11.4. The molecule has 1 heterocycles. The number of hydrogen-bond donors (Lipinski definition) is 1. The molecule has 0 bridgehead atoms. The van der Waals surface area contributed by atoms with Gasteiger partial charge in [0.15, 0.2) is 5.82 Å². The first-order chi connectivity index (χ1) is 8.67. The van der Waals surface area contributed by atoms with Gasteiger partial charge in [-0.2, -0.15) is 4.98 Å². The Kier molecular flexibility index (Phi) is 6.80. The van der Waals surface area contributed by atoms with E-state index < -0.39 is 0 Å². The van der Waals surface area contributed by atoms with Gasteiger partial charge in [-0.05, 0) is 13.3 Å². The summed E-state index contributed by atoms with van der Waals surface area (Å²) in [5, 5.41) is 3.82. The van der Waals surface area contributed by atoms with E-state index in [2.05, 4.69) is 29.1 Å². The van der Waals surface area contributed by atoms with Crippen LogP contribution in [0, 0.1) is 0 Å². The number of aromatic nitrogens is 2. The van der Waals surface area contributed by atoms with Gasteiger partial charge in [0, 0.05) is 6.04 Å². The summed E-state index contributed by atoms with van der Waals surface area (Å²) in [6.07, 6.45) is 7.74. The van der Waals surface area contributed by atoms with Gasteiger partial charge in [0.25, 0.3) is 0 Å². The number of nitrogens with zero attached hydrogens (tertiary/aromatic N) is 2. The molecule has 0 radical (unpaired) electrons. The lowest BCUT2D eigenvalue weighted by atomic mass is 10.1. The Balaban J connectivity index is 2.45. The SMILES string of the molecule is CCCCCCC(C)Nc1nc(OC)ncc1Cl. The lowest BCUT2D eigenvalue weighted by Crippen LogP contribution is -2.16. The first-order valence-corrected chi connectivity index (χ1v) is 6.88. The average Bonchev–Trinajstić information content (AvgIpc) is 2.37. The maximum atomic E-state index is 6.04. The fourth-order valence-electron chi connectivity index (χ4n) is 1.73. The van der Waals surface area contributed by atoms with Gasteiger partial charge in [-0.1, -0.05) is 44.2 Å². The maximum Gasteiger partial charge on any atom is 0.318 e. The van der Waals surface area contributed by atoms with Crippen LogP contribution < -0.4 is 10.1 Å². The van der Waals surface area contributed by atoms with Crippen molar-refractivity contribution in [2.45, 2.75) is 52.0 Å². The Morgan fingerprint density at radius 2 is 2.17 bits per heavy atom. The van der Waals surface area contributed by atoms with Crippen molar-refractivity contribution in [3.8, 4) is 6.01 Å². The minimum atomic E-state index is 0.333. The summed E-state index contributed by atoms with van der Waals surface area (Å²) in [6.45, 7) is 4.35. The zero-order valence-corrected chi connectivity index (χ0v) is 12.1. The number of nitrogens with one attached hydrogen (secondary N) is 1. The number of methoxy groups -OCH3 is 1. The first-order valence-electron chi connectivity index (χ1n) is 6.50. The third kappa shape index (κ3) is 5.08. The van der Waals surface area contributed by atoms with Gasteiger partial charge in [-0.15, -0.1) is 0 Å². The van der Waals surface area contributed by atoms with Crippen molar-refractivity contribution in [1.29, 1.82) is 0 Å². The largest absolute Gasteiger partial charge is 0.467 e. The van der Waals surface area contributed by atoms with Crippen LogP contribution in [0.25, 0.3) is 0 Å². The molecule has 0 aliphatic rings. The van der Waals surface area contributed by atoms with E-state index in [4.69, 9.17) is 16.3 Å². The highest BCUT2D eigenvalue weighted by Crippen LogP contribution is 2.21. The molecule has 0 spiro atoms. The average molecular weight is 272 g/mol. The van der Waals surface area contributed by atoms with E-state index in [1.54, 1.807) is 13.3 Å². The quantitative estimate of drug-likeness (QED) is 0.728. The van der Waals surface area contributed by atoms with Crippen LogP contribution >= 0.6 is 11.6 Å². The monoisotopic (exact) mass is 271 g/mol. The Morgan fingerprint density at radius 1 is 1.39 bits per heavy atom. The van der Waals surface area contributed by atoms with E-state index in [9.17, 15) is 0 Å². The second-order valence-corrected chi connectivity index (χ2v) is 4.86. The smallest absolute Gasteiger partial charge is 0.318 e. The van der Waals surface area contributed by atoms with Crippen LogP contribution in [0.1, 0.15) is 46.0 Å². The number of anilines is 1. The molecule has 0 aliphatic heterocycles. The van der Waals surface area contributed by atoms with Gasteiger partial charge in [-0.25, -0.2) is 4.98 Å². The second-order valence-electron chi connectivity index (χ2n) is 4.45. The molecular formula is C13H22ClN3O. The van der Waals surface area contributed by atoms with Gasteiger partial charge >= 0.3 is 6.01 Å². The van der Waals surface area contributed by atoms with Gasteiger partial charge in [0.1, 0.15) is 5.02 Å². The van der Waals surface area contributed by atoms with Crippen LogP contribution in [0.5, 0.6) is 6.01 Å². The van der Waals surface area contributed by atoms with Crippen molar-refractivity contribution in [2.24, 2.45) is 0 Å². The highest BCUT2D eigenvalue weighted by atomic mass is 35.5. The molecule has 0 amide bonds. The predicted octanol–water partition coefficient (Wildman–Crippen LogP) is 3.91. The number of halogens is 1. The van der Waals surface area contributed by atoms with Gasteiger partial charge in [0.2, 0.25) is 0 Å². The maximum absolute atomic E-state index is 6.04. The van der Waals surface area contributed by atoms with Crippen molar-refractivity contribution in [2.75, 3.05) is 12.4 Å². The van der Waals surface area contributed by atoms with Crippen molar-refractivity contribution >= 4 is 17.4 Å². The fourth-order valence-corrected chi connectivity index (χ4v) is 1.88. The minimum absolute atomic E-state index is 0.333. The fraction of sp³-hybridized carbons (Fsp3) is 0.692. The summed E-state index contributed by atoms with van der Waals surface area (Å²) in [5.74, 6) is 0.645. The van der Waals surface area contributed by atoms with E-state index in [1.807, 2.05) is 0 Å². The summed E-state index contributed by atoms with van der Waals surface area (Å²) >= 11 is 6.04. The van der Waals surface area contributed by atoms with Gasteiger partial charge < -0.3 is 10.1 Å². The zero-order chi connectivity index (χ0) is 13.4. The highest BCUT2D eigenvalue weighted by molar-refractivity contribution is 6.32. The van der Waals surface area contributed by atoms with E-state index in [1.165, 1.54) is 25.7 Å². The van der Waals surface area contributed by atoms with Gasteiger partial charge in [-0.3, -0.25) is 0 Å². The molecule has 1 aromatic heterocycles. The molecule has 5 heteroatoms. The first kappa shape index (κ1) is 15.0. The third-order valence-corrected chi connectivity index (χ3v) is 3.05. The molecule has 1 N–H and O–H groups in total. The standard InChI is InChI=1S/C13H22ClN3O/c1-4-5-6-7-8-10(2)16-12-11(14)9-15-13(17-12)18-3/h9-10H,4-8H2,1-3H3,(H,15,16,17). The Morgan fingerprint density at radius 3 is 2.83 bits per heavy atom. The van der Waals surface area contributed by atoms with Crippen LogP contribution in [0.15, 0.2) is 6.20 Å². The molecule has 0 fully saturated rings. The van der Waals surface area contributed by atoms with E-state index in [0.29, 0.717) is 22.9 Å². The molecule has 102 valence electrons. The molecule has 0 aromatic carbocycles. The molecule has 0 saturated carbocycles. The Labute approximate surface area is 114 Å². The lowest BCUT2D eigenvalue weighted by Gasteiger charge is -2.15. The normalized spacial score (nSPS) is 12.2. The van der Waals surface area contributed by atoms with E-state index in [-0.39, 0.29) is 0 Å². The number of unbranched alkanes of at least 4 members (excludes halogenated alkanes) is 3. The minimum Gasteiger partial charge on any atom is -0.467 e. The van der Waals surface area contributed by atoms with E-state index in [0.717, 1.165) is 6.42 Å². The number of rotatable bonds is 8. The van der Waals surface area contributed by atoms with Gasteiger partial charge in [0.05, 0.1) is 13.3 Å². The van der Waals surface area contributed by atoms with Crippen LogP contribution in [0.3, 0.4) is 0 Å². The van der Waals surface area contributed by atoms with Crippen molar-refractivity contribution in [3.63, 3.8) is 0 Å². The predicted molar refractivity (Wildman–Crippen MR) is 75.4 cm³/mol. The summed E-state index contributed by atoms with van der Waals surface area (Å²) < 4.78 is 4.98. The van der Waals surface area contributed by atoms with Crippen molar-refractivity contribution < 1.29 is 4.74 Å².